The predicted octanol–water partition coefficient (Wildman–Crippen LogP) is 3.14. The fraction of sp³-hybridized carbons (Fsp3) is 0.538. The van der Waals surface area contributed by atoms with Crippen LogP contribution in [0.1, 0.15) is 38.8 Å². The van der Waals surface area contributed by atoms with Gasteiger partial charge >= 0.3 is 0 Å². The maximum absolute atomic E-state index is 5.13. The smallest absolute Gasteiger partial charge is 0.118 e. The topological polar surface area (TPSA) is 21.3 Å². The van der Waals surface area contributed by atoms with Crippen molar-refractivity contribution in [3.05, 3.63) is 29.8 Å². The van der Waals surface area contributed by atoms with Crippen molar-refractivity contribution in [1.29, 1.82) is 0 Å². The molecule has 2 atom stereocenters. The molecule has 0 spiro atoms. The van der Waals surface area contributed by atoms with Crippen LogP contribution in [0.15, 0.2) is 24.3 Å². The van der Waals surface area contributed by atoms with E-state index in [1.54, 1.807) is 7.11 Å². The van der Waals surface area contributed by atoms with Gasteiger partial charge in [-0.1, -0.05) is 19.1 Å². The fourth-order valence-corrected chi connectivity index (χ4v) is 1.53. The standard InChI is InChI=1S/C13H21NO/c1-5-10(2)14-11(3)12-6-8-13(15-4)9-7-12/h6-11,14H,5H2,1-4H3/t10-,11+/m1/s1. The summed E-state index contributed by atoms with van der Waals surface area (Å²) < 4.78 is 5.13. The van der Waals surface area contributed by atoms with Crippen molar-refractivity contribution < 1.29 is 4.74 Å². The van der Waals surface area contributed by atoms with E-state index >= 15 is 0 Å². The van der Waals surface area contributed by atoms with E-state index in [0.29, 0.717) is 12.1 Å². The first kappa shape index (κ1) is 12.1. The highest BCUT2D eigenvalue weighted by molar-refractivity contribution is 5.28. The molecule has 0 radical (unpaired) electrons. The molecule has 15 heavy (non-hydrogen) atoms. The van der Waals surface area contributed by atoms with Gasteiger partial charge in [0, 0.05) is 12.1 Å². The fourth-order valence-electron chi connectivity index (χ4n) is 1.53. The molecule has 0 aromatic heterocycles. The second-order valence-corrected chi connectivity index (χ2v) is 3.97. The number of rotatable bonds is 5. The van der Waals surface area contributed by atoms with E-state index in [4.69, 9.17) is 4.74 Å². The third-order valence-electron chi connectivity index (χ3n) is 2.76. The van der Waals surface area contributed by atoms with Gasteiger partial charge in [-0.25, -0.2) is 0 Å². The molecule has 84 valence electrons. The van der Waals surface area contributed by atoms with Crippen LogP contribution in [-0.4, -0.2) is 13.2 Å². The molecule has 0 aliphatic heterocycles. The lowest BCUT2D eigenvalue weighted by atomic mass is 10.1. The molecule has 0 heterocycles. The number of nitrogens with one attached hydrogen (secondary N) is 1. The highest BCUT2D eigenvalue weighted by Crippen LogP contribution is 2.17. The Morgan fingerprint density at radius 2 is 1.80 bits per heavy atom. The number of hydrogen-bond acceptors (Lipinski definition) is 2. The van der Waals surface area contributed by atoms with Gasteiger partial charge in [-0.3, -0.25) is 0 Å². The first-order valence-electron chi connectivity index (χ1n) is 5.57. The van der Waals surface area contributed by atoms with Gasteiger partial charge in [0.15, 0.2) is 0 Å². The molecule has 0 amide bonds. The van der Waals surface area contributed by atoms with Gasteiger partial charge in [0.05, 0.1) is 7.11 Å². The van der Waals surface area contributed by atoms with E-state index < -0.39 is 0 Å². The summed E-state index contributed by atoms with van der Waals surface area (Å²) in [6.45, 7) is 6.59. The Balaban J connectivity index is 2.61. The van der Waals surface area contributed by atoms with Crippen LogP contribution in [0.5, 0.6) is 5.75 Å². The minimum Gasteiger partial charge on any atom is -0.497 e. The van der Waals surface area contributed by atoms with E-state index in [0.717, 1.165) is 12.2 Å². The average molecular weight is 207 g/mol. The predicted molar refractivity (Wildman–Crippen MR) is 64.3 cm³/mol. The minimum atomic E-state index is 0.394. The van der Waals surface area contributed by atoms with Crippen molar-refractivity contribution in [1.82, 2.24) is 5.32 Å². The lowest BCUT2D eigenvalue weighted by Gasteiger charge is -2.19. The van der Waals surface area contributed by atoms with Gasteiger partial charge in [-0.05, 0) is 38.0 Å². The van der Waals surface area contributed by atoms with Gasteiger partial charge in [0.25, 0.3) is 0 Å². The van der Waals surface area contributed by atoms with Crippen LogP contribution in [0.2, 0.25) is 0 Å². The summed E-state index contributed by atoms with van der Waals surface area (Å²) in [7, 11) is 1.69. The number of hydrogen-bond donors (Lipinski definition) is 1. The van der Waals surface area contributed by atoms with E-state index in [1.807, 2.05) is 12.1 Å². The molecule has 1 rings (SSSR count). The highest BCUT2D eigenvalue weighted by atomic mass is 16.5. The Morgan fingerprint density at radius 1 is 1.20 bits per heavy atom. The summed E-state index contributed by atoms with van der Waals surface area (Å²) in [5, 5.41) is 3.54. The summed E-state index contributed by atoms with van der Waals surface area (Å²) in [5.74, 6) is 0.912. The molecular formula is C13H21NO. The largest absolute Gasteiger partial charge is 0.497 e. The van der Waals surface area contributed by atoms with Gasteiger partial charge < -0.3 is 10.1 Å². The van der Waals surface area contributed by atoms with Gasteiger partial charge in [-0.15, -0.1) is 0 Å². The maximum Gasteiger partial charge on any atom is 0.118 e. The van der Waals surface area contributed by atoms with Crippen molar-refractivity contribution in [3.63, 3.8) is 0 Å². The second-order valence-electron chi connectivity index (χ2n) is 3.97. The van der Waals surface area contributed by atoms with Crippen molar-refractivity contribution in [2.45, 2.75) is 39.3 Å². The summed E-state index contributed by atoms with van der Waals surface area (Å²) in [5.41, 5.74) is 1.30. The Morgan fingerprint density at radius 3 is 2.27 bits per heavy atom. The molecule has 0 bridgehead atoms. The Kier molecular flexibility index (Phi) is 4.63. The third-order valence-corrected chi connectivity index (χ3v) is 2.76. The van der Waals surface area contributed by atoms with Gasteiger partial charge in [-0.2, -0.15) is 0 Å². The van der Waals surface area contributed by atoms with E-state index in [1.165, 1.54) is 5.56 Å². The zero-order valence-electron chi connectivity index (χ0n) is 10.1. The number of ether oxygens (including phenoxy) is 1. The number of methoxy groups -OCH3 is 1. The van der Waals surface area contributed by atoms with Crippen molar-refractivity contribution in [2.24, 2.45) is 0 Å². The van der Waals surface area contributed by atoms with E-state index in [2.05, 4.69) is 38.2 Å². The van der Waals surface area contributed by atoms with Gasteiger partial charge in [0.2, 0.25) is 0 Å². The van der Waals surface area contributed by atoms with Crippen LogP contribution in [0.3, 0.4) is 0 Å². The van der Waals surface area contributed by atoms with Crippen LogP contribution in [0, 0.1) is 0 Å². The lowest BCUT2D eigenvalue weighted by Crippen LogP contribution is -2.28. The molecule has 0 aliphatic carbocycles. The molecule has 1 N–H and O–H groups in total. The van der Waals surface area contributed by atoms with E-state index in [-0.39, 0.29) is 0 Å². The quantitative estimate of drug-likeness (QED) is 0.801. The van der Waals surface area contributed by atoms with Crippen LogP contribution in [0.4, 0.5) is 0 Å². The molecular weight excluding hydrogens is 186 g/mol. The second kappa shape index (κ2) is 5.76. The molecule has 0 aliphatic rings. The SMILES string of the molecule is CC[C@@H](C)N[C@@H](C)c1ccc(OC)cc1. The zero-order valence-corrected chi connectivity index (χ0v) is 10.1. The molecule has 1 aromatic carbocycles. The molecule has 0 saturated carbocycles. The Labute approximate surface area is 92.6 Å². The minimum absolute atomic E-state index is 0.394. The Bertz CT molecular complexity index is 281. The molecule has 1 aromatic rings. The van der Waals surface area contributed by atoms with Crippen LogP contribution < -0.4 is 10.1 Å². The molecule has 0 unspecified atom stereocenters. The van der Waals surface area contributed by atoms with Crippen LogP contribution >= 0.6 is 0 Å². The monoisotopic (exact) mass is 207 g/mol. The number of benzene rings is 1. The Hall–Kier alpha value is -1.02. The molecule has 2 heteroatoms. The summed E-state index contributed by atoms with van der Waals surface area (Å²) in [6.07, 6.45) is 1.15. The first-order chi connectivity index (χ1) is 7.17. The van der Waals surface area contributed by atoms with Crippen molar-refractivity contribution >= 4 is 0 Å². The zero-order chi connectivity index (χ0) is 11.3. The maximum atomic E-state index is 5.13. The summed E-state index contributed by atoms with van der Waals surface area (Å²) in [6, 6.07) is 9.18. The molecule has 2 nitrogen and oxygen atoms in total. The summed E-state index contributed by atoms with van der Waals surface area (Å²) >= 11 is 0. The first-order valence-corrected chi connectivity index (χ1v) is 5.57. The van der Waals surface area contributed by atoms with Gasteiger partial charge in [0.1, 0.15) is 5.75 Å². The van der Waals surface area contributed by atoms with Crippen LogP contribution in [0.25, 0.3) is 0 Å². The molecule has 0 fully saturated rings. The van der Waals surface area contributed by atoms with Crippen LogP contribution in [-0.2, 0) is 0 Å². The van der Waals surface area contributed by atoms with E-state index in [9.17, 15) is 0 Å². The van der Waals surface area contributed by atoms with Crippen molar-refractivity contribution in [2.75, 3.05) is 7.11 Å². The normalized spacial score (nSPS) is 14.7. The van der Waals surface area contributed by atoms with Crippen molar-refractivity contribution in [3.8, 4) is 5.75 Å². The summed E-state index contributed by atoms with van der Waals surface area (Å²) in [4.78, 5) is 0. The average Bonchev–Trinajstić information content (AvgIpc) is 2.29. The third kappa shape index (κ3) is 3.56. The lowest BCUT2D eigenvalue weighted by molar-refractivity contribution is 0.414. The highest BCUT2D eigenvalue weighted by Gasteiger charge is 2.07. The molecule has 0 saturated heterocycles.